The molecule has 0 aromatic heterocycles. The third-order valence-corrected chi connectivity index (χ3v) is 5.34. The number of rotatable bonds is 5. The maximum Gasteiger partial charge on any atom is 0.163 e. The van der Waals surface area contributed by atoms with Gasteiger partial charge in [-0.05, 0) is 36.1 Å². The largest absolute Gasteiger partial charge is 0.486 e. The van der Waals surface area contributed by atoms with Crippen LogP contribution in [0.3, 0.4) is 0 Å². The van der Waals surface area contributed by atoms with Gasteiger partial charge in [0.25, 0.3) is 0 Å². The van der Waals surface area contributed by atoms with Crippen molar-refractivity contribution in [1.82, 2.24) is 0 Å². The number of benzene rings is 2. The summed E-state index contributed by atoms with van der Waals surface area (Å²) in [5.74, 6) is 2.78. The smallest absolute Gasteiger partial charge is 0.163 e. The number of anilines is 1. The predicted octanol–water partition coefficient (Wildman–Crippen LogP) is 4.14. The number of carbonyl (C=O) groups excluding carboxylic acids is 1. The fourth-order valence-electron chi connectivity index (χ4n) is 3.77. The maximum atomic E-state index is 11.3. The van der Waals surface area contributed by atoms with Crippen LogP contribution in [0.5, 0.6) is 11.5 Å². The first-order valence-electron chi connectivity index (χ1n) is 9.34. The summed E-state index contributed by atoms with van der Waals surface area (Å²) < 4.78 is 11.3. The van der Waals surface area contributed by atoms with E-state index in [4.69, 9.17) is 9.47 Å². The second kappa shape index (κ2) is 7.02. The van der Waals surface area contributed by atoms with Crippen LogP contribution in [-0.2, 0) is 4.79 Å². The average molecular weight is 351 g/mol. The second-order valence-electron chi connectivity index (χ2n) is 7.40. The Bertz CT molecular complexity index is 794. The molecule has 0 saturated carbocycles. The quantitative estimate of drug-likeness (QED) is 0.811. The molecule has 4 heteroatoms. The van der Waals surface area contributed by atoms with Gasteiger partial charge in [-0.3, -0.25) is 0 Å². The number of nitrogens with zero attached hydrogens (tertiary/aromatic N) is 1. The van der Waals surface area contributed by atoms with Gasteiger partial charge in [-0.1, -0.05) is 31.2 Å². The SMILES string of the molecule is CC(=O)CC(C)c1ccc(C2CN(c3ccc4c(c3)OCCO4)C2)cc1. The molecule has 0 spiro atoms. The van der Waals surface area contributed by atoms with Gasteiger partial charge >= 0.3 is 0 Å². The van der Waals surface area contributed by atoms with E-state index in [1.807, 2.05) is 6.07 Å². The van der Waals surface area contributed by atoms with Gasteiger partial charge in [-0.15, -0.1) is 0 Å². The van der Waals surface area contributed by atoms with Crippen molar-refractivity contribution in [1.29, 1.82) is 0 Å². The van der Waals surface area contributed by atoms with E-state index in [1.54, 1.807) is 6.92 Å². The van der Waals surface area contributed by atoms with Crippen LogP contribution in [0.1, 0.15) is 43.2 Å². The van der Waals surface area contributed by atoms with Crippen molar-refractivity contribution < 1.29 is 14.3 Å². The van der Waals surface area contributed by atoms with Gasteiger partial charge in [0.15, 0.2) is 11.5 Å². The number of hydrogen-bond donors (Lipinski definition) is 0. The Hall–Kier alpha value is -2.49. The Kier molecular flexibility index (Phi) is 4.58. The molecule has 0 amide bonds. The summed E-state index contributed by atoms with van der Waals surface area (Å²) in [5, 5.41) is 0. The minimum Gasteiger partial charge on any atom is -0.486 e. The molecule has 0 radical (unpaired) electrons. The zero-order chi connectivity index (χ0) is 18.1. The molecule has 2 aliphatic heterocycles. The monoisotopic (exact) mass is 351 g/mol. The van der Waals surface area contributed by atoms with E-state index in [1.165, 1.54) is 16.8 Å². The number of ether oxygens (including phenoxy) is 2. The molecule has 1 fully saturated rings. The highest BCUT2D eigenvalue weighted by molar-refractivity contribution is 5.76. The Morgan fingerprint density at radius 1 is 1.08 bits per heavy atom. The van der Waals surface area contributed by atoms with Crippen molar-refractivity contribution in [3.05, 3.63) is 53.6 Å². The molecule has 1 atom stereocenters. The van der Waals surface area contributed by atoms with E-state index in [-0.39, 0.29) is 11.7 Å². The summed E-state index contributed by atoms with van der Waals surface area (Å²) in [6.07, 6.45) is 0.612. The number of fused-ring (bicyclic) bond motifs is 1. The van der Waals surface area contributed by atoms with Gasteiger partial charge in [0.1, 0.15) is 19.0 Å². The molecule has 0 aliphatic carbocycles. The molecule has 136 valence electrons. The van der Waals surface area contributed by atoms with E-state index in [2.05, 4.69) is 48.2 Å². The zero-order valence-electron chi connectivity index (χ0n) is 15.4. The van der Waals surface area contributed by atoms with Crippen LogP contribution < -0.4 is 14.4 Å². The molecular formula is C22H25NO3. The van der Waals surface area contributed by atoms with E-state index >= 15 is 0 Å². The second-order valence-corrected chi connectivity index (χ2v) is 7.40. The molecule has 1 unspecified atom stereocenters. The summed E-state index contributed by atoms with van der Waals surface area (Å²) in [5.41, 5.74) is 3.81. The number of Topliss-reactive ketones (excluding diaryl/α,β-unsaturated/α-hetero) is 1. The normalized spacial score (nSPS) is 17.5. The van der Waals surface area contributed by atoms with Gasteiger partial charge in [-0.2, -0.15) is 0 Å². The third kappa shape index (κ3) is 3.41. The van der Waals surface area contributed by atoms with Gasteiger partial charge in [0.2, 0.25) is 0 Å². The van der Waals surface area contributed by atoms with Crippen molar-refractivity contribution in [2.45, 2.75) is 32.1 Å². The Morgan fingerprint density at radius 3 is 2.46 bits per heavy atom. The van der Waals surface area contributed by atoms with Crippen LogP contribution in [0.15, 0.2) is 42.5 Å². The standard InChI is InChI=1S/C22H25NO3/c1-15(11-16(2)24)17-3-5-18(6-4-17)19-13-23(14-19)20-7-8-21-22(12-20)26-10-9-25-21/h3-8,12,15,19H,9-11,13-14H2,1-2H3. The molecule has 4 nitrogen and oxygen atoms in total. The zero-order valence-corrected chi connectivity index (χ0v) is 15.4. The molecule has 2 aromatic rings. The van der Waals surface area contributed by atoms with E-state index in [0.717, 1.165) is 24.6 Å². The minimum absolute atomic E-state index is 0.246. The Labute approximate surface area is 154 Å². The van der Waals surface area contributed by atoms with E-state index in [9.17, 15) is 4.79 Å². The first-order valence-corrected chi connectivity index (χ1v) is 9.34. The van der Waals surface area contributed by atoms with Gasteiger partial charge in [0, 0.05) is 37.2 Å². The molecule has 4 rings (SSSR count). The summed E-state index contributed by atoms with van der Waals surface area (Å²) in [4.78, 5) is 13.7. The van der Waals surface area contributed by atoms with Crippen LogP contribution in [-0.4, -0.2) is 32.1 Å². The van der Waals surface area contributed by atoms with Crippen molar-refractivity contribution in [3.8, 4) is 11.5 Å². The molecule has 1 saturated heterocycles. The lowest BCUT2D eigenvalue weighted by atomic mass is 9.88. The molecular weight excluding hydrogens is 326 g/mol. The lowest BCUT2D eigenvalue weighted by Crippen LogP contribution is -2.45. The maximum absolute atomic E-state index is 11.3. The van der Waals surface area contributed by atoms with Crippen molar-refractivity contribution in [2.75, 3.05) is 31.2 Å². The summed E-state index contributed by atoms with van der Waals surface area (Å²) >= 11 is 0. The Balaban J connectivity index is 1.38. The molecule has 26 heavy (non-hydrogen) atoms. The summed E-state index contributed by atoms with van der Waals surface area (Å²) in [6, 6.07) is 15.0. The summed E-state index contributed by atoms with van der Waals surface area (Å²) in [6.45, 7) is 7.05. The fraction of sp³-hybridized carbons (Fsp3) is 0.409. The molecule has 0 bridgehead atoms. The summed E-state index contributed by atoms with van der Waals surface area (Å²) in [7, 11) is 0. The van der Waals surface area contributed by atoms with E-state index < -0.39 is 0 Å². The van der Waals surface area contributed by atoms with Crippen LogP contribution >= 0.6 is 0 Å². The van der Waals surface area contributed by atoms with Gasteiger partial charge < -0.3 is 19.2 Å². The lowest BCUT2D eigenvalue weighted by molar-refractivity contribution is -0.117. The molecule has 0 N–H and O–H groups in total. The van der Waals surface area contributed by atoms with Crippen LogP contribution in [0.25, 0.3) is 0 Å². The third-order valence-electron chi connectivity index (χ3n) is 5.34. The highest BCUT2D eigenvalue weighted by Crippen LogP contribution is 2.38. The number of hydrogen-bond acceptors (Lipinski definition) is 4. The van der Waals surface area contributed by atoms with Crippen molar-refractivity contribution in [3.63, 3.8) is 0 Å². The number of ketones is 1. The van der Waals surface area contributed by atoms with E-state index in [0.29, 0.717) is 25.6 Å². The highest BCUT2D eigenvalue weighted by atomic mass is 16.6. The van der Waals surface area contributed by atoms with Gasteiger partial charge in [-0.25, -0.2) is 0 Å². The van der Waals surface area contributed by atoms with Crippen LogP contribution in [0.4, 0.5) is 5.69 Å². The molecule has 2 aliphatic rings. The van der Waals surface area contributed by atoms with Crippen molar-refractivity contribution in [2.24, 2.45) is 0 Å². The Morgan fingerprint density at radius 2 is 1.77 bits per heavy atom. The number of carbonyl (C=O) groups is 1. The van der Waals surface area contributed by atoms with Crippen LogP contribution in [0, 0.1) is 0 Å². The lowest BCUT2D eigenvalue weighted by Gasteiger charge is -2.41. The first kappa shape index (κ1) is 17.0. The fourth-order valence-corrected chi connectivity index (χ4v) is 3.77. The molecule has 2 heterocycles. The van der Waals surface area contributed by atoms with Crippen molar-refractivity contribution >= 4 is 11.5 Å². The first-order chi connectivity index (χ1) is 12.6. The average Bonchev–Trinajstić information content (AvgIpc) is 2.60. The minimum atomic E-state index is 0.246. The van der Waals surface area contributed by atoms with Gasteiger partial charge in [0.05, 0.1) is 0 Å². The highest BCUT2D eigenvalue weighted by Gasteiger charge is 2.29. The topological polar surface area (TPSA) is 38.8 Å². The molecule has 2 aromatic carbocycles. The van der Waals surface area contributed by atoms with Crippen LogP contribution in [0.2, 0.25) is 0 Å². The predicted molar refractivity (Wildman–Crippen MR) is 103 cm³/mol.